The number of benzene rings is 1. The summed E-state index contributed by atoms with van der Waals surface area (Å²) in [6, 6.07) is 6.64. The number of hydrogen-bond acceptors (Lipinski definition) is 2. The highest BCUT2D eigenvalue weighted by Gasteiger charge is 2.41. The van der Waals surface area contributed by atoms with E-state index in [9.17, 15) is 9.18 Å². The molecule has 2 aromatic rings. The van der Waals surface area contributed by atoms with Gasteiger partial charge in [0.2, 0.25) is 5.91 Å². The van der Waals surface area contributed by atoms with E-state index < -0.39 is 0 Å². The summed E-state index contributed by atoms with van der Waals surface area (Å²) in [5, 5.41) is 3.25. The van der Waals surface area contributed by atoms with E-state index in [0.717, 1.165) is 55.7 Å². The van der Waals surface area contributed by atoms with Gasteiger partial charge in [0.15, 0.2) is 0 Å². The van der Waals surface area contributed by atoms with Crippen molar-refractivity contribution in [2.75, 3.05) is 0 Å². The van der Waals surface area contributed by atoms with Crippen LogP contribution in [-0.4, -0.2) is 15.5 Å². The number of fused-ring (bicyclic) bond motifs is 1. The Kier molecular flexibility index (Phi) is 3.66. The maximum Gasteiger partial charge on any atom is 0.224 e. The smallest absolute Gasteiger partial charge is 0.224 e. The minimum Gasteiger partial charge on any atom is -0.346 e. The van der Waals surface area contributed by atoms with Crippen LogP contribution in [0.1, 0.15) is 42.8 Å². The molecular formula is C19H22FN3O. The van der Waals surface area contributed by atoms with Crippen LogP contribution >= 0.6 is 0 Å². The first-order valence-electron chi connectivity index (χ1n) is 8.66. The van der Waals surface area contributed by atoms with E-state index in [-0.39, 0.29) is 23.2 Å². The number of rotatable bonds is 3. The predicted molar refractivity (Wildman–Crippen MR) is 88.8 cm³/mol. The summed E-state index contributed by atoms with van der Waals surface area (Å²) in [7, 11) is 0. The first-order chi connectivity index (χ1) is 11.6. The Labute approximate surface area is 141 Å². The number of carbonyl (C=O) groups excluding carboxylic acids is 1. The number of carbonyl (C=O) groups is 1. The van der Waals surface area contributed by atoms with E-state index in [2.05, 4.69) is 14.9 Å². The highest BCUT2D eigenvalue weighted by molar-refractivity contribution is 5.80. The molecule has 2 aliphatic rings. The van der Waals surface area contributed by atoms with E-state index in [0.29, 0.717) is 0 Å². The van der Waals surface area contributed by atoms with Crippen LogP contribution in [0.2, 0.25) is 0 Å². The summed E-state index contributed by atoms with van der Waals surface area (Å²) in [6.45, 7) is 2.84. The molecule has 24 heavy (non-hydrogen) atoms. The molecule has 1 N–H and O–H groups in total. The number of nitrogens with one attached hydrogen (secondary N) is 1. The molecule has 1 aromatic heterocycles. The van der Waals surface area contributed by atoms with Crippen LogP contribution in [0.15, 0.2) is 30.5 Å². The normalized spacial score (nSPS) is 21.7. The van der Waals surface area contributed by atoms with Crippen molar-refractivity contribution in [2.24, 2.45) is 5.92 Å². The Bertz CT molecular complexity index is 779. The van der Waals surface area contributed by atoms with Gasteiger partial charge in [-0.25, -0.2) is 9.37 Å². The summed E-state index contributed by atoms with van der Waals surface area (Å²) in [5.41, 5.74) is 1.64. The molecule has 0 saturated heterocycles. The second-order valence-electron chi connectivity index (χ2n) is 7.07. The molecule has 1 atom stereocenters. The maximum atomic E-state index is 13.6. The number of aryl methyl sites for hydroxylation is 1. The number of imidazole rings is 1. The zero-order chi connectivity index (χ0) is 16.7. The fourth-order valence-electron chi connectivity index (χ4n) is 3.99. The number of aromatic nitrogens is 2. The molecule has 4 nitrogen and oxygen atoms in total. The van der Waals surface area contributed by atoms with Gasteiger partial charge in [-0.1, -0.05) is 12.1 Å². The van der Waals surface area contributed by atoms with Gasteiger partial charge in [0, 0.05) is 30.8 Å². The lowest BCUT2D eigenvalue weighted by molar-refractivity contribution is -0.129. The van der Waals surface area contributed by atoms with Crippen molar-refractivity contribution < 1.29 is 9.18 Å². The third-order valence-electron chi connectivity index (χ3n) is 5.61. The van der Waals surface area contributed by atoms with E-state index in [1.165, 1.54) is 6.07 Å². The lowest BCUT2D eigenvalue weighted by Gasteiger charge is -2.44. The molecule has 1 aromatic carbocycles. The molecule has 0 radical (unpaired) electrons. The maximum absolute atomic E-state index is 13.6. The van der Waals surface area contributed by atoms with Crippen molar-refractivity contribution in [1.29, 1.82) is 0 Å². The van der Waals surface area contributed by atoms with Crippen molar-refractivity contribution in [3.8, 4) is 0 Å². The molecule has 1 fully saturated rings. The van der Waals surface area contributed by atoms with E-state index in [4.69, 9.17) is 0 Å². The zero-order valence-corrected chi connectivity index (χ0v) is 13.9. The van der Waals surface area contributed by atoms with Gasteiger partial charge < -0.3 is 9.88 Å². The van der Waals surface area contributed by atoms with Gasteiger partial charge in [0.1, 0.15) is 11.6 Å². The van der Waals surface area contributed by atoms with Gasteiger partial charge in [0.05, 0.1) is 5.54 Å². The number of halogens is 1. The Morgan fingerprint density at radius 2 is 2.25 bits per heavy atom. The minimum atomic E-state index is -0.382. The van der Waals surface area contributed by atoms with Crippen LogP contribution in [0.25, 0.3) is 0 Å². The van der Waals surface area contributed by atoms with Crippen molar-refractivity contribution in [1.82, 2.24) is 14.9 Å². The summed E-state index contributed by atoms with van der Waals surface area (Å²) in [4.78, 5) is 17.2. The molecule has 1 aliphatic heterocycles. The van der Waals surface area contributed by atoms with Crippen LogP contribution in [0, 0.1) is 18.7 Å². The van der Waals surface area contributed by atoms with E-state index in [1.807, 2.05) is 19.2 Å². The topological polar surface area (TPSA) is 46.9 Å². The van der Waals surface area contributed by atoms with Gasteiger partial charge >= 0.3 is 0 Å². The highest BCUT2D eigenvalue weighted by atomic mass is 19.1. The molecule has 0 bridgehead atoms. The van der Waals surface area contributed by atoms with Gasteiger partial charge in [0.25, 0.3) is 0 Å². The molecule has 1 unspecified atom stereocenters. The fraction of sp³-hybridized carbons (Fsp3) is 0.474. The molecule has 1 aliphatic carbocycles. The fourth-order valence-corrected chi connectivity index (χ4v) is 3.99. The van der Waals surface area contributed by atoms with Gasteiger partial charge in [-0.15, -0.1) is 0 Å². The average molecular weight is 327 g/mol. The summed E-state index contributed by atoms with van der Waals surface area (Å²) >= 11 is 0. The van der Waals surface area contributed by atoms with Crippen molar-refractivity contribution in [3.05, 3.63) is 53.4 Å². The number of nitrogens with zero attached hydrogens (tertiary/aromatic N) is 2. The van der Waals surface area contributed by atoms with Crippen molar-refractivity contribution >= 4 is 5.91 Å². The quantitative estimate of drug-likeness (QED) is 0.942. The van der Waals surface area contributed by atoms with Crippen LogP contribution in [0.5, 0.6) is 0 Å². The average Bonchev–Trinajstić information content (AvgIpc) is 2.91. The zero-order valence-electron chi connectivity index (χ0n) is 13.9. The Morgan fingerprint density at radius 1 is 1.42 bits per heavy atom. The number of hydrogen-bond donors (Lipinski definition) is 1. The second kappa shape index (κ2) is 5.72. The van der Waals surface area contributed by atoms with Gasteiger partial charge in [-0.2, -0.15) is 0 Å². The Balaban J connectivity index is 1.51. The first kappa shape index (κ1) is 15.4. The summed E-state index contributed by atoms with van der Waals surface area (Å²) < 4.78 is 15.8. The minimum absolute atomic E-state index is 0.0281. The second-order valence-corrected chi connectivity index (χ2v) is 7.07. The van der Waals surface area contributed by atoms with Gasteiger partial charge in [-0.3, -0.25) is 4.79 Å². The largest absolute Gasteiger partial charge is 0.346 e. The van der Waals surface area contributed by atoms with Crippen molar-refractivity contribution in [3.63, 3.8) is 0 Å². The van der Waals surface area contributed by atoms with Crippen LogP contribution in [0.3, 0.4) is 0 Å². The standard InChI is InChI=1S/C19H22FN3O/c1-13-21-12-17-10-14(6-9-23(13)17)18(24)22-19(7-3-8-19)15-4-2-5-16(20)11-15/h2,4-5,11-12,14H,3,6-10H2,1H3,(H,22,24). The monoisotopic (exact) mass is 327 g/mol. The van der Waals surface area contributed by atoms with Crippen LogP contribution in [0.4, 0.5) is 4.39 Å². The third-order valence-corrected chi connectivity index (χ3v) is 5.61. The Hall–Kier alpha value is -2.17. The molecule has 126 valence electrons. The predicted octanol–water partition coefficient (Wildman–Crippen LogP) is 3.09. The molecule has 4 rings (SSSR count). The van der Waals surface area contributed by atoms with Crippen LogP contribution in [-0.2, 0) is 23.3 Å². The Morgan fingerprint density at radius 3 is 2.96 bits per heavy atom. The first-order valence-corrected chi connectivity index (χ1v) is 8.66. The highest BCUT2D eigenvalue weighted by Crippen LogP contribution is 2.42. The molecule has 1 amide bonds. The summed E-state index contributed by atoms with van der Waals surface area (Å²) in [6.07, 6.45) is 6.26. The van der Waals surface area contributed by atoms with Crippen molar-refractivity contribution in [2.45, 2.75) is 51.1 Å². The van der Waals surface area contributed by atoms with E-state index >= 15 is 0 Å². The van der Waals surface area contributed by atoms with Gasteiger partial charge in [-0.05, 0) is 50.3 Å². The number of amides is 1. The lowest BCUT2D eigenvalue weighted by Crippen LogP contribution is -2.53. The molecule has 1 saturated carbocycles. The lowest BCUT2D eigenvalue weighted by atomic mass is 9.71. The molecule has 2 heterocycles. The molecular weight excluding hydrogens is 305 g/mol. The van der Waals surface area contributed by atoms with Crippen LogP contribution < -0.4 is 5.32 Å². The SMILES string of the molecule is Cc1ncc2n1CCC(C(=O)NC1(c3cccc(F)c3)CCC1)C2. The summed E-state index contributed by atoms with van der Waals surface area (Å²) in [5.74, 6) is 0.827. The third kappa shape index (κ3) is 2.52. The molecule has 5 heteroatoms. The van der Waals surface area contributed by atoms with E-state index in [1.54, 1.807) is 12.1 Å². The molecule has 0 spiro atoms.